The number of aliphatic hydroxyl groups is 3. The molecule has 1 fully saturated rings. The monoisotopic (exact) mass is 1040 g/mol. The zero-order valence-corrected chi connectivity index (χ0v) is 40.9. The topological polar surface area (TPSA) is 421 Å². The molecule has 67 heavy (non-hydrogen) atoms. The van der Waals surface area contributed by atoms with Crippen molar-refractivity contribution in [2.75, 3.05) is 37.8 Å². The lowest BCUT2D eigenvalue weighted by atomic mass is 9.87. The maximum atomic E-state index is 12.7. The third kappa shape index (κ3) is 19.4. The van der Waals surface area contributed by atoms with Gasteiger partial charge in [0, 0.05) is 37.1 Å². The maximum Gasteiger partial charge on any atom is 0.481 e. The molecule has 2 aromatic heterocycles. The molecule has 27 nitrogen and oxygen atoms in total. The molecule has 12 N–H and O–H groups in total. The Bertz CT molecular complexity index is 2130. The number of nitrogens with one attached hydrogen (secondary N) is 2. The van der Waals surface area contributed by atoms with E-state index in [2.05, 4.69) is 34.4 Å². The summed E-state index contributed by atoms with van der Waals surface area (Å²) in [6.07, 6.45) is -4.11. The van der Waals surface area contributed by atoms with Crippen LogP contribution < -0.4 is 16.4 Å². The molecule has 1 saturated heterocycles. The highest BCUT2D eigenvalue weighted by molar-refractivity contribution is 8.13. The fourth-order valence-electron chi connectivity index (χ4n) is 6.63. The van der Waals surface area contributed by atoms with Gasteiger partial charge in [0.25, 0.3) is 0 Å². The van der Waals surface area contributed by atoms with E-state index < -0.39 is 103 Å². The molecule has 3 rings (SSSR count). The fraction of sp³-hybridized carbons (Fsp3) is 0.750. The number of carboxylic acids is 1. The van der Waals surface area contributed by atoms with Crippen LogP contribution in [-0.2, 0) is 55.5 Å². The summed E-state index contributed by atoms with van der Waals surface area (Å²) in [5, 5.41) is 45.7. The van der Waals surface area contributed by atoms with Crippen LogP contribution in [0.4, 0.5) is 5.82 Å². The zero-order valence-electron chi connectivity index (χ0n) is 37.4. The number of nitrogens with zero attached hydrogens (tertiary/aromatic N) is 4. The number of thioether (sulfide) groups is 1. The van der Waals surface area contributed by atoms with Gasteiger partial charge >= 0.3 is 29.4 Å². The van der Waals surface area contributed by atoms with E-state index >= 15 is 0 Å². The van der Waals surface area contributed by atoms with Gasteiger partial charge in [-0.3, -0.25) is 37.3 Å². The van der Waals surface area contributed by atoms with Crippen LogP contribution in [0.1, 0.15) is 85.8 Å². The van der Waals surface area contributed by atoms with Crippen LogP contribution in [0, 0.1) is 23.2 Å². The van der Waals surface area contributed by atoms with Crippen molar-refractivity contribution in [3.63, 3.8) is 0 Å². The molecule has 3 heterocycles. The van der Waals surface area contributed by atoms with E-state index in [-0.39, 0.29) is 59.7 Å². The number of phosphoric acid groups is 3. The first-order valence-corrected chi connectivity index (χ1v) is 26.5. The van der Waals surface area contributed by atoms with Crippen LogP contribution in [0.25, 0.3) is 11.2 Å². The number of imidazole rings is 1. The summed E-state index contributed by atoms with van der Waals surface area (Å²) < 4.78 is 62.4. The molecule has 0 aliphatic carbocycles. The van der Waals surface area contributed by atoms with Gasteiger partial charge in [-0.15, -0.1) is 0 Å². The average molecular weight is 1040 g/mol. The van der Waals surface area contributed by atoms with Crippen molar-refractivity contribution in [2.45, 2.75) is 116 Å². The summed E-state index contributed by atoms with van der Waals surface area (Å²) >= 11 is 0.955. The van der Waals surface area contributed by atoms with E-state index in [9.17, 15) is 67.8 Å². The number of aliphatic hydroxyl groups excluding tert-OH is 3. The lowest BCUT2D eigenvalue weighted by molar-refractivity contribution is -0.138. The van der Waals surface area contributed by atoms with E-state index in [1.807, 2.05) is 13.8 Å². The molecule has 0 saturated carbocycles. The minimum atomic E-state index is -5.60. The van der Waals surface area contributed by atoms with Gasteiger partial charge < -0.3 is 61.1 Å². The summed E-state index contributed by atoms with van der Waals surface area (Å²) in [7, 11) is -16.5. The number of aromatic nitrogens is 4. The number of hydrogen-bond acceptors (Lipinski definition) is 20. The zero-order chi connectivity index (χ0) is 50.5. The molecule has 11 atom stereocenters. The Morgan fingerprint density at radius 3 is 2.25 bits per heavy atom. The number of aliphatic carboxylic acids is 1. The summed E-state index contributed by atoms with van der Waals surface area (Å²) in [4.78, 5) is 99.6. The van der Waals surface area contributed by atoms with Crippen molar-refractivity contribution < 1.29 is 95.5 Å². The van der Waals surface area contributed by atoms with E-state index in [4.69, 9.17) is 24.6 Å². The number of amides is 2. The van der Waals surface area contributed by atoms with Gasteiger partial charge in [0.05, 0.1) is 31.6 Å². The van der Waals surface area contributed by atoms with Crippen LogP contribution in [0.3, 0.4) is 0 Å². The van der Waals surface area contributed by atoms with Gasteiger partial charge in [-0.05, 0) is 24.7 Å². The first-order valence-electron chi connectivity index (χ1n) is 21.0. The van der Waals surface area contributed by atoms with Crippen LogP contribution in [0.15, 0.2) is 12.7 Å². The number of carbonyl (C=O) groups is 4. The van der Waals surface area contributed by atoms with Gasteiger partial charge in [0.2, 0.25) is 11.8 Å². The highest BCUT2D eigenvalue weighted by Crippen LogP contribution is 2.61. The van der Waals surface area contributed by atoms with E-state index in [0.29, 0.717) is 18.8 Å². The van der Waals surface area contributed by atoms with Crippen molar-refractivity contribution in [1.29, 1.82) is 0 Å². The number of fused-ring (bicyclic) bond motifs is 1. The quantitative estimate of drug-likeness (QED) is 0.0389. The minimum absolute atomic E-state index is 0.0198. The molecule has 0 aromatic carbocycles. The van der Waals surface area contributed by atoms with Crippen molar-refractivity contribution in [3.8, 4) is 0 Å². The minimum Gasteiger partial charge on any atom is -0.481 e. The van der Waals surface area contributed by atoms with Gasteiger partial charge in [-0.1, -0.05) is 65.6 Å². The number of carboxylic acid groups (broad SMARTS) is 1. The number of anilines is 1. The Labute approximate surface area is 389 Å². The largest absolute Gasteiger partial charge is 0.481 e. The molecule has 6 unspecified atom stereocenters. The van der Waals surface area contributed by atoms with Gasteiger partial charge in [-0.2, -0.15) is 4.31 Å². The van der Waals surface area contributed by atoms with Crippen LogP contribution >= 0.6 is 35.2 Å². The second kappa shape index (κ2) is 25.7. The third-order valence-corrected chi connectivity index (χ3v) is 14.7. The molecule has 1 aliphatic heterocycles. The van der Waals surface area contributed by atoms with E-state index in [1.54, 1.807) is 6.92 Å². The molecule has 1 aliphatic rings. The number of carbonyl (C=O) groups excluding carboxylic acids is 3. The standard InChI is InChI=1S/C36H62N7O20P3S/c1-20(7-6-8-21(2)15-26(46)47)9-10-23(44)22(3)35(51)67-14-13-38-25(45)11-12-39-33(50)30(49)36(4,5)17-60-66(57,58)63-65(55,56)59-16-24-29(62-64(52,53)54)28(48)34(61-24)43-19-42-27-31(37)40-18-41-32(27)43/h18-24,28-30,34,44,48-49H,6-17H2,1-5H3,(H,38,45)(H,39,50)(H,46,47)(H,55,56)(H,57,58)(H2,37,40,41)(H2,52,53,54)/t20?,21?,22?,23?,24-,28+,29-,30+,34-/m1/s1. The number of nitrogens with two attached hydrogens (primary N) is 1. The molecule has 31 heteroatoms. The Morgan fingerprint density at radius 1 is 0.940 bits per heavy atom. The normalized spacial score (nSPS) is 22.0. The Morgan fingerprint density at radius 2 is 1.60 bits per heavy atom. The van der Waals surface area contributed by atoms with Crippen molar-refractivity contribution >= 4 is 75.1 Å². The molecule has 382 valence electrons. The molecule has 0 bridgehead atoms. The smallest absolute Gasteiger partial charge is 0.481 e. The summed E-state index contributed by atoms with van der Waals surface area (Å²) in [6.45, 7) is 5.84. The highest BCUT2D eigenvalue weighted by atomic mass is 32.2. The third-order valence-electron chi connectivity index (χ3n) is 10.6. The molecular formula is C36H62N7O20P3S. The maximum absolute atomic E-state index is 12.7. The van der Waals surface area contributed by atoms with Gasteiger partial charge in [0.1, 0.15) is 36.3 Å². The van der Waals surface area contributed by atoms with Crippen LogP contribution in [-0.4, -0.2) is 145 Å². The van der Waals surface area contributed by atoms with Crippen LogP contribution in [0.2, 0.25) is 0 Å². The Hall–Kier alpha value is -3.01. The van der Waals surface area contributed by atoms with Gasteiger partial charge in [0.15, 0.2) is 22.8 Å². The highest BCUT2D eigenvalue weighted by Gasteiger charge is 2.50. The lowest BCUT2D eigenvalue weighted by Gasteiger charge is -2.30. The second-order valence-electron chi connectivity index (χ2n) is 16.9. The van der Waals surface area contributed by atoms with Crippen molar-refractivity contribution in [2.24, 2.45) is 23.2 Å². The average Bonchev–Trinajstić information content (AvgIpc) is 3.78. The van der Waals surface area contributed by atoms with Crippen LogP contribution in [0.5, 0.6) is 0 Å². The summed E-state index contributed by atoms with van der Waals surface area (Å²) in [5.74, 6) is -2.41. The van der Waals surface area contributed by atoms with Crippen molar-refractivity contribution in [3.05, 3.63) is 12.7 Å². The SMILES string of the molecule is CC(CCCC(C)CC(=O)O)CCC(O)C(C)C(=O)SCCNC(=O)CCNC(=O)[C@H](O)C(C)(C)COP(=O)(O)OP(=O)(O)OC[C@H]1O[C@@H](n2cnc3c(N)ncnc32)[C@@H](O)[C@@H]1OP(=O)(O)O. The van der Waals surface area contributed by atoms with Crippen molar-refractivity contribution in [1.82, 2.24) is 30.2 Å². The summed E-state index contributed by atoms with van der Waals surface area (Å²) in [6, 6.07) is 0. The molecule has 2 amide bonds. The first kappa shape index (κ1) is 58.3. The summed E-state index contributed by atoms with van der Waals surface area (Å²) in [5.41, 5.74) is 4.21. The lowest BCUT2D eigenvalue weighted by Crippen LogP contribution is -2.46. The Balaban J connectivity index is 1.38. The van der Waals surface area contributed by atoms with Gasteiger partial charge in [-0.25, -0.2) is 28.6 Å². The first-order chi connectivity index (χ1) is 31.0. The second-order valence-corrected chi connectivity index (χ2v) is 22.2. The van der Waals surface area contributed by atoms with E-state index in [1.165, 1.54) is 13.8 Å². The van der Waals surface area contributed by atoms with E-state index in [0.717, 1.165) is 48.2 Å². The number of nitrogen functional groups attached to an aromatic ring is 1. The number of ether oxygens (including phenoxy) is 1. The predicted octanol–water partition coefficient (Wildman–Crippen LogP) is 1.36. The predicted molar refractivity (Wildman–Crippen MR) is 236 cm³/mol. The number of phosphoric ester groups is 3. The number of rotatable bonds is 30. The molecule has 0 spiro atoms. The fourth-order valence-corrected chi connectivity index (χ4v) is 10.3. The Kier molecular flexibility index (Phi) is 22.4. The molecule has 0 radical (unpaired) electrons. The molecular weight excluding hydrogens is 975 g/mol. The number of hydrogen-bond donors (Lipinski definition) is 11. The molecule has 2 aromatic rings.